The molecule has 0 heterocycles. The highest BCUT2D eigenvalue weighted by atomic mass is 35.5. The number of carbonyl (C=O) groups is 1. The third-order valence-electron chi connectivity index (χ3n) is 2.04. The first-order valence-electron chi connectivity index (χ1n) is 4.92. The number of anilines is 1. The fourth-order valence-corrected chi connectivity index (χ4v) is 1.38. The van der Waals surface area contributed by atoms with E-state index in [2.05, 4.69) is 11.2 Å². The molecule has 3 N–H and O–H groups in total. The van der Waals surface area contributed by atoms with Gasteiger partial charge in [0.1, 0.15) is 0 Å². The van der Waals surface area contributed by atoms with Crippen LogP contribution in [-0.2, 0) is 0 Å². The van der Waals surface area contributed by atoms with Gasteiger partial charge in [0, 0.05) is 23.7 Å². The smallest absolute Gasteiger partial charge is 0.253 e. The molecule has 0 aliphatic carbocycles. The summed E-state index contributed by atoms with van der Waals surface area (Å²) in [5.74, 6) is 2.28. The summed E-state index contributed by atoms with van der Waals surface area (Å²) >= 11 is 5.78. The molecule has 0 radical (unpaired) electrons. The molecule has 4 heteroatoms. The van der Waals surface area contributed by atoms with Gasteiger partial charge in [0.15, 0.2) is 0 Å². The zero-order valence-corrected chi connectivity index (χ0v) is 9.55. The topological polar surface area (TPSA) is 55.1 Å². The minimum atomic E-state index is -0.225. The molecule has 16 heavy (non-hydrogen) atoms. The van der Waals surface area contributed by atoms with Gasteiger partial charge in [-0.1, -0.05) is 11.6 Å². The van der Waals surface area contributed by atoms with E-state index in [-0.39, 0.29) is 5.91 Å². The Bertz CT molecular complexity index is 424. The third-order valence-corrected chi connectivity index (χ3v) is 2.28. The second-order valence-corrected chi connectivity index (χ2v) is 3.73. The van der Waals surface area contributed by atoms with Crippen LogP contribution in [0, 0.1) is 12.3 Å². The van der Waals surface area contributed by atoms with Crippen LogP contribution in [0.1, 0.15) is 23.2 Å². The van der Waals surface area contributed by atoms with Gasteiger partial charge in [-0.3, -0.25) is 4.79 Å². The fraction of sp³-hybridized carbons (Fsp3) is 0.250. The van der Waals surface area contributed by atoms with Crippen molar-refractivity contribution < 1.29 is 4.79 Å². The molecule has 0 aromatic heterocycles. The molecule has 0 fully saturated rings. The number of hydrogen-bond acceptors (Lipinski definition) is 2. The van der Waals surface area contributed by atoms with Crippen molar-refractivity contribution in [1.82, 2.24) is 5.32 Å². The maximum Gasteiger partial charge on any atom is 0.253 e. The van der Waals surface area contributed by atoms with Crippen molar-refractivity contribution in [2.75, 3.05) is 12.3 Å². The number of nitrogen functional groups attached to an aromatic ring is 1. The predicted octanol–water partition coefficient (Wildman–Crippen LogP) is 2.07. The molecule has 1 amide bonds. The van der Waals surface area contributed by atoms with Crippen LogP contribution >= 0.6 is 11.6 Å². The molecule has 0 atom stereocenters. The third kappa shape index (κ3) is 3.48. The molecule has 0 unspecified atom stereocenters. The lowest BCUT2D eigenvalue weighted by Gasteiger charge is -2.07. The summed E-state index contributed by atoms with van der Waals surface area (Å²) in [6.45, 7) is 0.537. The first kappa shape index (κ1) is 12.4. The molecule has 1 aromatic carbocycles. The molecule has 1 aromatic rings. The molecular weight excluding hydrogens is 224 g/mol. The van der Waals surface area contributed by atoms with Gasteiger partial charge in [0.25, 0.3) is 5.91 Å². The van der Waals surface area contributed by atoms with Crippen molar-refractivity contribution in [3.05, 3.63) is 28.8 Å². The van der Waals surface area contributed by atoms with E-state index < -0.39 is 0 Å². The largest absolute Gasteiger partial charge is 0.398 e. The molecule has 3 nitrogen and oxygen atoms in total. The average Bonchev–Trinajstić information content (AvgIpc) is 2.27. The Labute approximate surface area is 100.0 Å². The van der Waals surface area contributed by atoms with E-state index in [1.54, 1.807) is 18.2 Å². The van der Waals surface area contributed by atoms with Crippen molar-refractivity contribution in [2.45, 2.75) is 12.8 Å². The molecule has 1 rings (SSSR count). The SMILES string of the molecule is C#CCCCNC(=O)c1cc(Cl)ccc1N. The number of nitrogens with one attached hydrogen (secondary N) is 1. The monoisotopic (exact) mass is 236 g/mol. The minimum absolute atomic E-state index is 0.225. The van der Waals surface area contributed by atoms with Gasteiger partial charge in [-0.15, -0.1) is 12.3 Å². The van der Waals surface area contributed by atoms with Crippen LogP contribution in [0.2, 0.25) is 5.02 Å². The molecule has 0 aliphatic heterocycles. The summed E-state index contributed by atoms with van der Waals surface area (Å²) in [6, 6.07) is 4.80. The number of amides is 1. The van der Waals surface area contributed by atoms with Crippen LogP contribution in [0.3, 0.4) is 0 Å². The lowest BCUT2D eigenvalue weighted by atomic mass is 10.1. The van der Waals surface area contributed by atoms with E-state index >= 15 is 0 Å². The van der Waals surface area contributed by atoms with E-state index in [0.717, 1.165) is 6.42 Å². The van der Waals surface area contributed by atoms with E-state index in [0.29, 0.717) is 29.2 Å². The maximum absolute atomic E-state index is 11.7. The summed E-state index contributed by atoms with van der Waals surface area (Å²) in [6.07, 6.45) is 6.50. The Morgan fingerprint density at radius 3 is 3.00 bits per heavy atom. The lowest BCUT2D eigenvalue weighted by Crippen LogP contribution is -2.25. The molecule has 84 valence electrons. The van der Waals surface area contributed by atoms with E-state index in [9.17, 15) is 4.79 Å². The second kappa shape index (κ2) is 6.04. The van der Waals surface area contributed by atoms with Gasteiger partial charge in [-0.2, -0.15) is 0 Å². The number of carbonyl (C=O) groups excluding carboxylic acids is 1. The van der Waals surface area contributed by atoms with Gasteiger partial charge in [-0.05, 0) is 24.6 Å². The first-order valence-corrected chi connectivity index (χ1v) is 5.29. The highest BCUT2D eigenvalue weighted by molar-refractivity contribution is 6.31. The van der Waals surface area contributed by atoms with Crippen LogP contribution in [0.4, 0.5) is 5.69 Å². The fourth-order valence-electron chi connectivity index (χ4n) is 1.21. The van der Waals surface area contributed by atoms with Crippen LogP contribution < -0.4 is 11.1 Å². The number of hydrogen-bond donors (Lipinski definition) is 2. The molecule has 0 spiro atoms. The highest BCUT2D eigenvalue weighted by Gasteiger charge is 2.09. The normalized spacial score (nSPS) is 9.50. The van der Waals surface area contributed by atoms with Crippen LogP contribution in [0.5, 0.6) is 0 Å². The Hall–Kier alpha value is -1.66. The van der Waals surface area contributed by atoms with Gasteiger partial charge in [-0.25, -0.2) is 0 Å². The molecule has 0 saturated carbocycles. The van der Waals surface area contributed by atoms with Gasteiger partial charge < -0.3 is 11.1 Å². The number of terminal acetylenes is 1. The summed E-state index contributed by atoms with van der Waals surface area (Å²) in [4.78, 5) is 11.7. The zero-order chi connectivity index (χ0) is 12.0. The van der Waals surface area contributed by atoms with Crippen molar-refractivity contribution >= 4 is 23.2 Å². The summed E-state index contributed by atoms with van der Waals surface area (Å²) in [5, 5.41) is 3.22. The second-order valence-electron chi connectivity index (χ2n) is 3.30. The molecule has 0 aliphatic rings. The number of nitrogens with two attached hydrogens (primary N) is 1. The Morgan fingerprint density at radius 2 is 2.31 bits per heavy atom. The zero-order valence-electron chi connectivity index (χ0n) is 8.79. The van der Waals surface area contributed by atoms with Crippen molar-refractivity contribution in [2.24, 2.45) is 0 Å². The van der Waals surface area contributed by atoms with Crippen LogP contribution in [-0.4, -0.2) is 12.5 Å². The van der Waals surface area contributed by atoms with E-state index in [4.69, 9.17) is 23.8 Å². The summed E-state index contributed by atoms with van der Waals surface area (Å²) < 4.78 is 0. The van der Waals surface area contributed by atoms with Crippen molar-refractivity contribution in [3.63, 3.8) is 0 Å². The number of rotatable bonds is 4. The van der Waals surface area contributed by atoms with Gasteiger partial charge >= 0.3 is 0 Å². The van der Waals surface area contributed by atoms with E-state index in [1.807, 2.05) is 0 Å². The number of benzene rings is 1. The lowest BCUT2D eigenvalue weighted by molar-refractivity contribution is 0.0954. The van der Waals surface area contributed by atoms with Crippen molar-refractivity contribution in [1.29, 1.82) is 0 Å². The Balaban J connectivity index is 2.59. The molecular formula is C12H13ClN2O. The summed E-state index contributed by atoms with van der Waals surface area (Å²) in [5.41, 5.74) is 6.48. The predicted molar refractivity (Wildman–Crippen MR) is 66.3 cm³/mol. The van der Waals surface area contributed by atoms with Crippen LogP contribution in [0.15, 0.2) is 18.2 Å². The Kier molecular flexibility index (Phi) is 4.68. The average molecular weight is 237 g/mol. The maximum atomic E-state index is 11.7. The quantitative estimate of drug-likeness (QED) is 0.478. The molecule has 0 saturated heterocycles. The van der Waals surface area contributed by atoms with Gasteiger partial charge in [0.2, 0.25) is 0 Å². The first-order chi connectivity index (χ1) is 7.65. The molecule has 0 bridgehead atoms. The minimum Gasteiger partial charge on any atom is -0.398 e. The van der Waals surface area contributed by atoms with E-state index in [1.165, 1.54) is 0 Å². The number of unbranched alkanes of at least 4 members (excludes halogenated alkanes) is 1. The van der Waals surface area contributed by atoms with Gasteiger partial charge in [0.05, 0.1) is 5.56 Å². The summed E-state index contributed by atoms with van der Waals surface area (Å²) in [7, 11) is 0. The van der Waals surface area contributed by atoms with Crippen molar-refractivity contribution in [3.8, 4) is 12.3 Å². The van der Waals surface area contributed by atoms with Crippen LogP contribution in [0.25, 0.3) is 0 Å². The number of halogens is 1. The highest BCUT2D eigenvalue weighted by Crippen LogP contribution is 2.17. The Morgan fingerprint density at radius 1 is 1.56 bits per heavy atom. The standard InChI is InChI=1S/C12H13ClN2O/c1-2-3-4-7-15-12(16)10-8-9(13)5-6-11(10)14/h1,5-6,8H,3-4,7,14H2,(H,15,16).